The second kappa shape index (κ2) is 4.91. The monoisotopic (exact) mass is 270 g/mol. The maximum Gasteiger partial charge on any atom is 0.194 e. The number of halogens is 1. The van der Waals surface area contributed by atoms with Gasteiger partial charge in [-0.25, -0.2) is 12.8 Å². The molecular formula is C12H13FNO3S+. The molecular weight excluding hydrogens is 257 g/mol. The zero-order chi connectivity index (χ0) is 13.2. The van der Waals surface area contributed by atoms with Gasteiger partial charge in [-0.1, -0.05) is 0 Å². The summed E-state index contributed by atoms with van der Waals surface area (Å²) in [6.45, 7) is 0.146. The van der Waals surface area contributed by atoms with Crippen LogP contribution in [-0.4, -0.2) is 15.0 Å². The third-order valence-corrected chi connectivity index (χ3v) is 4.79. The molecule has 1 atom stereocenters. The number of hydrogen-bond donors (Lipinski definition) is 1. The first-order chi connectivity index (χ1) is 8.55. The molecule has 0 saturated heterocycles. The Labute approximate surface area is 104 Å². The Bertz CT molecular complexity index is 605. The summed E-state index contributed by atoms with van der Waals surface area (Å²) in [5, 5.41) is -0.849. The van der Waals surface area contributed by atoms with E-state index in [0.717, 1.165) is 12.1 Å². The van der Waals surface area contributed by atoms with E-state index in [2.05, 4.69) is 5.73 Å². The van der Waals surface area contributed by atoms with Crippen molar-refractivity contribution in [2.45, 2.75) is 10.1 Å². The molecule has 2 aromatic rings. The molecule has 0 saturated carbocycles. The number of rotatable bonds is 4. The second-order valence-corrected chi connectivity index (χ2v) is 5.92. The van der Waals surface area contributed by atoms with Gasteiger partial charge in [-0.2, -0.15) is 0 Å². The van der Waals surface area contributed by atoms with Gasteiger partial charge < -0.3 is 10.2 Å². The van der Waals surface area contributed by atoms with Crippen LogP contribution in [0.2, 0.25) is 0 Å². The first kappa shape index (κ1) is 12.8. The van der Waals surface area contributed by atoms with Crippen LogP contribution in [-0.2, 0) is 9.84 Å². The Balaban J connectivity index is 2.44. The minimum atomic E-state index is -3.61. The fourth-order valence-corrected chi connectivity index (χ4v) is 3.31. The van der Waals surface area contributed by atoms with Crippen molar-refractivity contribution in [1.82, 2.24) is 0 Å². The van der Waals surface area contributed by atoms with E-state index in [1.165, 1.54) is 18.4 Å². The molecule has 0 aliphatic rings. The largest absolute Gasteiger partial charge is 0.468 e. The van der Waals surface area contributed by atoms with Crippen LogP contribution in [0, 0.1) is 5.82 Å². The number of sulfone groups is 1. The average molecular weight is 270 g/mol. The zero-order valence-corrected chi connectivity index (χ0v) is 10.4. The molecule has 0 spiro atoms. The summed E-state index contributed by atoms with van der Waals surface area (Å²) in [4.78, 5) is 0.0638. The Morgan fingerprint density at radius 1 is 1.22 bits per heavy atom. The molecule has 2 rings (SSSR count). The SMILES string of the molecule is [NH3+]C[C@H](c1ccco1)S(=O)(=O)c1ccc(F)cc1. The predicted octanol–water partition coefficient (Wildman–Crippen LogP) is 1.18. The van der Waals surface area contributed by atoms with E-state index in [0.29, 0.717) is 5.76 Å². The van der Waals surface area contributed by atoms with E-state index in [1.807, 2.05) is 0 Å². The van der Waals surface area contributed by atoms with Crippen molar-refractivity contribution in [2.24, 2.45) is 0 Å². The van der Waals surface area contributed by atoms with Crippen molar-refractivity contribution >= 4 is 9.84 Å². The van der Waals surface area contributed by atoms with E-state index >= 15 is 0 Å². The van der Waals surface area contributed by atoms with E-state index < -0.39 is 20.9 Å². The van der Waals surface area contributed by atoms with Gasteiger partial charge in [0.25, 0.3) is 0 Å². The zero-order valence-electron chi connectivity index (χ0n) is 9.54. The summed E-state index contributed by atoms with van der Waals surface area (Å²) in [5.74, 6) is -0.132. The van der Waals surface area contributed by atoms with Crippen LogP contribution in [0.4, 0.5) is 4.39 Å². The molecule has 18 heavy (non-hydrogen) atoms. The molecule has 0 amide bonds. The molecule has 0 fully saturated rings. The third kappa shape index (κ3) is 2.30. The van der Waals surface area contributed by atoms with Crippen molar-refractivity contribution in [3.8, 4) is 0 Å². The van der Waals surface area contributed by atoms with Crippen molar-refractivity contribution in [1.29, 1.82) is 0 Å². The van der Waals surface area contributed by atoms with Crippen molar-refractivity contribution in [3.63, 3.8) is 0 Å². The van der Waals surface area contributed by atoms with Crippen molar-refractivity contribution < 1.29 is 23.0 Å². The molecule has 1 aromatic carbocycles. The van der Waals surface area contributed by atoms with Gasteiger partial charge >= 0.3 is 0 Å². The highest BCUT2D eigenvalue weighted by atomic mass is 32.2. The lowest BCUT2D eigenvalue weighted by Crippen LogP contribution is -2.54. The molecule has 6 heteroatoms. The van der Waals surface area contributed by atoms with Gasteiger partial charge in [0.1, 0.15) is 11.6 Å². The highest BCUT2D eigenvalue weighted by molar-refractivity contribution is 7.91. The van der Waals surface area contributed by atoms with Crippen LogP contribution >= 0.6 is 0 Å². The smallest absolute Gasteiger partial charge is 0.194 e. The molecule has 1 aromatic heterocycles. The Morgan fingerprint density at radius 2 is 1.89 bits per heavy atom. The second-order valence-electron chi connectivity index (χ2n) is 3.79. The lowest BCUT2D eigenvalue weighted by molar-refractivity contribution is -0.368. The highest BCUT2D eigenvalue weighted by Gasteiger charge is 2.31. The summed E-state index contributed by atoms with van der Waals surface area (Å²) in [6, 6.07) is 7.95. The summed E-state index contributed by atoms with van der Waals surface area (Å²) in [7, 11) is -3.61. The van der Waals surface area contributed by atoms with Crippen molar-refractivity contribution in [3.05, 3.63) is 54.2 Å². The lowest BCUT2D eigenvalue weighted by Gasteiger charge is -2.11. The Hall–Kier alpha value is -1.66. The fraction of sp³-hybridized carbons (Fsp3) is 0.167. The van der Waals surface area contributed by atoms with Gasteiger partial charge in [0.15, 0.2) is 15.1 Å². The summed E-state index contributed by atoms with van der Waals surface area (Å²) in [6.07, 6.45) is 1.41. The van der Waals surface area contributed by atoms with Crippen LogP contribution in [0.3, 0.4) is 0 Å². The third-order valence-electron chi connectivity index (χ3n) is 2.64. The highest BCUT2D eigenvalue weighted by Crippen LogP contribution is 2.28. The average Bonchev–Trinajstić information content (AvgIpc) is 2.84. The minimum Gasteiger partial charge on any atom is -0.468 e. The summed E-state index contributed by atoms with van der Waals surface area (Å²) >= 11 is 0. The van der Waals surface area contributed by atoms with Gasteiger partial charge in [0.2, 0.25) is 0 Å². The maximum absolute atomic E-state index is 12.8. The maximum atomic E-state index is 12.8. The summed E-state index contributed by atoms with van der Waals surface area (Å²) < 4.78 is 42.6. The van der Waals surface area contributed by atoms with E-state index in [-0.39, 0.29) is 11.4 Å². The first-order valence-electron chi connectivity index (χ1n) is 5.38. The number of quaternary nitrogens is 1. The van der Waals surface area contributed by atoms with Crippen LogP contribution in [0.15, 0.2) is 52.0 Å². The van der Waals surface area contributed by atoms with Gasteiger partial charge in [-0.05, 0) is 36.4 Å². The van der Waals surface area contributed by atoms with E-state index in [1.54, 1.807) is 12.1 Å². The van der Waals surface area contributed by atoms with Gasteiger partial charge in [0.05, 0.1) is 17.7 Å². The predicted molar refractivity (Wildman–Crippen MR) is 62.8 cm³/mol. The molecule has 0 aliphatic carbocycles. The minimum absolute atomic E-state index is 0.0638. The fourth-order valence-electron chi connectivity index (χ4n) is 1.71. The topological polar surface area (TPSA) is 74.9 Å². The first-order valence-corrected chi connectivity index (χ1v) is 6.92. The quantitative estimate of drug-likeness (QED) is 0.847. The molecule has 4 nitrogen and oxygen atoms in total. The van der Waals surface area contributed by atoms with Crippen LogP contribution in [0.5, 0.6) is 0 Å². The number of furan rings is 1. The Morgan fingerprint density at radius 3 is 2.39 bits per heavy atom. The van der Waals surface area contributed by atoms with Crippen LogP contribution in [0.25, 0.3) is 0 Å². The number of benzene rings is 1. The molecule has 0 unspecified atom stereocenters. The Kier molecular flexibility index (Phi) is 3.49. The standard InChI is InChI=1S/C12H12FNO3S/c13-9-3-5-10(6-4-9)18(15,16)12(8-14)11-2-1-7-17-11/h1-7,12H,8,14H2/p+1/t12-/m1/s1. The van der Waals surface area contributed by atoms with E-state index in [4.69, 9.17) is 4.42 Å². The van der Waals surface area contributed by atoms with Crippen LogP contribution < -0.4 is 5.73 Å². The normalized spacial score (nSPS) is 13.4. The molecule has 1 heterocycles. The van der Waals surface area contributed by atoms with Crippen molar-refractivity contribution in [2.75, 3.05) is 6.54 Å². The molecule has 3 N–H and O–H groups in total. The summed E-state index contributed by atoms with van der Waals surface area (Å²) in [5.41, 5.74) is 3.64. The van der Waals surface area contributed by atoms with Gasteiger partial charge in [-0.15, -0.1) is 0 Å². The van der Waals surface area contributed by atoms with Crippen LogP contribution in [0.1, 0.15) is 11.0 Å². The van der Waals surface area contributed by atoms with Gasteiger partial charge in [0, 0.05) is 0 Å². The van der Waals surface area contributed by atoms with E-state index in [9.17, 15) is 12.8 Å². The molecule has 96 valence electrons. The molecule has 0 bridgehead atoms. The van der Waals surface area contributed by atoms with Gasteiger partial charge in [-0.3, -0.25) is 0 Å². The number of hydrogen-bond acceptors (Lipinski definition) is 3. The molecule has 0 radical (unpaired) electrons. The lowest BCUT2D eigenvalue weighted by atomic mass is 10.3. The molecule has 0 aliphatic heterocycles.